The Bertz CT molecular complexity index is 1060. The van der Waals surface area contributed by atoms with Crippen molar-refractivity contribution in [2.45, 2.75) is 19.4 Å². The van der Waals surface area contributed by atoms with E-state index in [1.54, 1.807) is 6.07 Å². The van der Waals surface area contributed by atoms with Crippen molar-refractivity contribution in [2.24, 2.45) is 0 Å². The molecule has 1 atom stereocenters. The van der Waals surface area contributed by atoms with Crippen molar-refractivity contribution in [1.29, 1.82) is 0 Å². The maximum atomic E-state index is 12.3. The Morgan fingerprint density at radius 2 is 1.81 bits per heavy atom. The van der Waals surface area contributed by atoms with Gasteiger partial charge in [0, 0.05) is 18.1 Å². The lowest BCUT2D eigenvalue weighted by Crippen LogP contribution is -2.38. The van der Waals surface area contributed by atoms with Gasteiger partial charge in [-0.3, -0.25) is 9.59 Å². The van der Waals surface area contributed by atoms with E-state index >= 15 is 0 Å². The molecule has 0 fully saturated rings. The highest BCUT2D eigenvalue weighted by molar-refractivity contribution is 5.95. The molecule has 0 saturated heterocycles. The van der Waals surface area contributed by atoms with Gasteiger partial charge in [-0.05, 0) is 24.6 Å². The Morgan fingerprint density at radius 1 is 1.03 bits per heavy atom. The van der Waals surface area contributed by atoms with Crippen molar-refractivity contribution in [3.8, 4) is 22.8 Å². The highest BCUT2D eigenvalue weighted by atomic mass is 16.5. The van der Waals surface area contributed by atoms with Gasteiger partial charge in [0.1, 0.15) is 0 Å². The van der Waals surface area contributed by atoms with Gasteiger partial charge >= 0.3 is 0 Å². The first-order chi connectivity index (χ1) is 15.1. The molecule has 2 amide bonds. The highest BCUT2D eigenvalue weighted by Gasteiger charge is 2.17. The number of aromatic nitrogens is 1. The standard InChI is InChI=1S/C23H23N3O5/c1-15(17-8-9-19-21(12-17)30-11-5-10-29-19)25-22(27)14-24-23(28)18-13-20(31-26-18)16-6-3-2-4-7-16/h2-4,6-9,12-13,15H,5,10-11,14H2,1H3,(H,24,28)(H,25,27). The van der Waals surface area contributed by atoms with E-state index in [0.29, 0.717) is 30.5 Å². The number of ether oxygens (including phenoxy) is 2. The van der Waals surface area contributed by atoms with Crippen LogP contribution in [0.1, 0.15) is 35.4 Å². The number of rotatable bonds is 6. The lowest BCUT2D eigenvalue weighted by Gasteiger charge is -2.16. The van der Waals surface area contributed by atoms with E-state index in [-0.39, 0.29) is 24.2 Å². The predicted octanol–water partition coefficient (Wildman–Crippen LogP) is 3.11. The Morgan fingerprint density at radius 3 is 2.61 bits per heavy atom. The third kappa shape index (κ3) is 5.03. The summed E-state index contributed by atoms with van der Waals surface area (Å²) in [4.78, 5) is 24.6. The van der Waals surface area contributed by atoms with Crippen molar-refractivity contribution in [1.82, 2.24) is 15.8 Å². The molecule has 3 aromatic rings. The molecule has 1 aromatic heterocycles. The van der Waals surface area contributed by atoms with Crippen LogP contribution >= 0.6 is 0 Å². The molecule has 0 saturated carbocycles. The lowest BCUT2D eigenvalue weighted by atomic mass is 10.1. The molecule has 2 N–H and O–H groups in total. The fourth-order valence-electron chi connectivity index (χ4n) is 3.20. The van der Waals surface area contributed by atoms with E-state index in [0.717, 1.165) is 17.5 Å². The molecule has 0 spiro atoms. The summed E-state index contributed by atoms with van der Waals surface area (Å²) in [6, 6.07) is 16.2. The summed E-state index contributed by atoms with van der Waals surface area (Å²) in [6.07, 6.45) is 0.828. The summed E-state index contributed by atoms with van der Waals surface area (Å²) in [7, 11) is 0. The van der Waals surface area contributed by atoms with Crippen LogP contribution in [0.5, 0.6) is 11.5 Å². The van der Waals surface area contributed by atoms with Crippen molar-refractivity contribution in [3.63, 3.8) is 0 Å². The zero-order valence-electron chi connectivity index (χ0n) is 17.1. The normalized spacial score (nSPS) is 13.7. The highest BCUT2D eigenvalue weighted by Crippen LogP contribution is 2.32. The van der Waals surface area contributed by atoms with Gasteiger partial charge in [-0.1, -0.05) is 41.6 Å². The SMILES string of the molecule is CC(NC(=O)CNC(=O)c1cc(-c2ccccc2)on1)c1ccc2c(c1)OCCCO2. The molecular formula is C23H23N3O5. The number of carbonyl (C=O) groups excluding carboxylic acids is 2. The Labute approximate surface area is 179 Å². The van der Waals surface area contributed by atoms with Gasteiger partial charge in [-0.15, -0.1) is 0 Å². The van der Waals surface area contributed by atoms with Gasteiger partial charge in [-0.25, -0.2) is 0 Å². The lowest BCUT2D eigenvalue weighted by molar-refractivity contribution is -0.120. The quantitative estimate of drug-likeness (QED) is 0.634. The van der Waals surface area contributed by atoms with E-state index in [1.165, 1.54) is 0 Å². The largest absolute Gasteiger partial charge is 0.490 e. The molecule has 31 heavy (non-hydrogen) atoms. The van der Waals surface area contributed by atoms with Crippen LogP contribution in [0, 0.1) is 0 Å². The average molecular weight is 421 g/mol. The van der Waals surface area contributed by atoms with Gasteiger partial charge in [0.25, 0.3) is 5.91 Å². The molecule has 8 heteroatoms. The number of nitrogens with one attached hydrogen (secondary N) is 2. The fourth-order valence-corrected chi connectivity index (χ4v) is 3.20. The smallest absolute Gasteiger partial charge is 0.273 e. The fraction of sp³-hybridized carbons (Fsp3) is 0.261. The third-order valence-corrected chi connectivity index (χ3v) is 4.86. The Balaban J connectivity index is 1.30. The molecule has 160 valence electrons. The predicted molar refractivity (Wildman–Crippen MR) is 113 cm³/mol. The van der Waals surface area contributed by atoms with Gasteiger partial charge in [0.2, 0.25) is 5.91 Å². The van der Waals surface area contributed by atoms with Crippen molar-refractivity contribution >= 4 is 11.8 Å². The van der Waals surface area contributed by atoms with Crippen LogP contribution in [0.25, 0.3) is 11.3 Å². The number of carbonyl (C=O) groups is 2. The molecule has 0 bridgehead atoms. The number of hydrogen-bond acceptors (Lipinski definition) is 6. The van der Waals surface area contributed by atoms with E-state index in [2.05, 4.69) is 15.8 Å². The zero-order valence-corrected chi connectivity index (χ0v) is 17.1. The Hall–Kier alpha value is -3.81. The van der Waals surface area contributed by atoms with E-state index in [4.69, 9.17) is 14.0 Å². The second kappa shape index (κ2) is 9.34. The number of benzene rings is 2. The number of fused-ring (bicyclic) bond motifs is 1. The minimum absolute atomic E-state index is 0.114. The summed E-state index contributed by atoms with van der Waals surface area (Å²) in [5, 5.41) is 9.21. The topological polar surface area (TPSA) is 103 Å². The van der Waals surface area contributed by atoms with Crippen LogP contribution in [0.15, 0.2) is 59.1 Å². The summed E-state index contributed by atoms with van der Waals surface area (Å²) >= 11 is 0. The van der Waals surface area contributed by atoms with Crippen LogP contribution in [0.4, 0.5) is 0 Å². The van der Waals surface area contributed by atoms with Crippen LogP contribution < -0.4 is 20.1 Å². The van der Waals surface area contributed by atoms with E-state index < -0.39 is 5.91 Å². The van der Waals surface area contributed by atoms with E-state index in [9.17, 15) is 9.59 Å². The molecule has 1 aliphatic heterocycles. The maximum Gasteiger partial charge on any atom is 0.273 e. The molecular weight excluding hydrogens is 398 g/mol. The summed E-state index contributed by atoms with van der Waals surface area (Å²) < 4.78 is 16.5. The third-order valence-electron chi connectivity index (χ3n) is 4.86. The van der Waals surface area contributed by atoms with Gasteiger partial charge < -0.3 is 24.6 Å². The monoisotopic (exact) mass is 421 g/mol. The molecule has 8 nitrogen and oxygen atoms in total. The number of nitrogens with zero attached hydrogens (tertiary/aromatic N) is 1. The molecule has 2 aromatic carbocycles. The van der Waals surface area contributed by atoms with Crippen molar-refractivity contribution < 1.29 is 23.6 Å². The first-order valence-corrected chi connectivity index (χ1v) is 10.1. The molecule has 4 rings (SSSR count). The zero-order chi connectivity index (χ0) is 21.6. The van der Waals surface area contributed by atoms with Gasteiger partial charge in [0.05, 0.1) is 25.8 Å². The van der Waals surface area contributed by atoms with Crippen LogP contribution in [-0.2, 0) is 4.79 Å². The summed E-state index contributed by atoms with van der Waals surface area (Å²) in [5.74, 6) is 1.06. The van der Waals surface area contributed by atoms with Crippen molar-refractivity contribution in [2.75, 3.05) is 19.8 Å². The molecule has 0 radical (unpaired) electrons. The number of amides is 2. The van der Waals surface area contributed by atoms with Crippen LogP contribution in [-0.4, -0.2) is 36.7 Å². The Kier molecular flexibility index (Phi) is 6.16. The molecule has 0 aliphatic carbocycles. The van der Waals surface area contributed by atoms with Gasteiger partial charge in [0.15, 0.2) is 23.0 Å². The molecule has 2 heterocycles. The maximum absolute atomic E-state index is 12.3. The van der Waals surface area contributed by atoms with E-state index in [1.807, 2.05) is 55.5 Å². The number of hydrogen-bond donors (Lipinski definition) is 2. The molecule has 1 unspecified atom stereocenters. The van der Waals surface area contributed by atoms with Crippen LogP contribution in [0.3, 0.4) is 0 Å². The molecule has 1 aliphatic rings. The van der Waals surface area contributed by atoms with Crippen LogP contribution in [0.2, 0.25) is 0 Å². The van der Waals surface area contributed by atoms with Crippen molar-refractivity contribution in [3.05, 3.63) is 65.9 Å². The summed E-state index contributed by atoms with van der Waals surface area (Å²) in [6.45, 7) is 2.90. The second-order valence-corrected chi connectivity index (χ2v) is 7.17. The second-order valence-electron chi connectivity index (χ2n) is 7.17. The van der Waals surface area contributed by atoms with Gasteiger partial charge in [-0.2, -0.15) is 0 Å². The first-order valence-electron chi connectivity index (χ1n) is 10.1. The minimum Gasteiger partial charge on any atom is -0.490 e. The first kappa shape index (κ1) is 20.5. The summed E-state index contributed by atoms with van der Waals surface area (Å²) in [5.41, 5.74) is 1.81. The minimum atomic E-state index is -0.482. The average Bonchev–Trinajstić information content (AvgIpc) is 3.17.